The zero-order valence-electron chi connectivity index (χ0n) is 6.62. The average Bonchev–Trinajstić information content (AvgIpc) is 1.82. The third kappa shape index (κ3) is 2.58. The predicted molar refractivity (Wildman–Crippen MR) is 46.2 cm³/mol. The minimum atomic E-state index is 0. The van der Waals surface area contributed by atoms with Crippen molar-refractivity contribution in [2.24, 2.45) is 0 Å². The molecule has 0 radical (unpaired) electrons. The Bertz CT molecular complexity index is 235. The van der Waals surface area contributed by atoms with E-state index in [0.29, 0.717) is 0 Å². The van der Waals surface area contributed by atoms with E-state index in [9.17, 15) is 0 Å². The van der Waals surface area contributed by atoms with Gasteiger partial charge in [0.2, 0.25) is 0 Å². The summed E-state index contributed by atoms with van der Waals surface area (Å²) in [5, 5.41) is 0. The van der Waals surface area contributed by atoms with Crippen LogP contribution in [0, 0.1) is 13.8 Å². The van der Waals surface area contributed by atoms with Crippen LogP contribution < -0.4 is 22.7 Å². The summed E-state index contributed by atoms with van der Waals surface area (Å²) in [6.45, 7) is 4.14. The molecule has 0 bridgehead atoms. The molecule has 3 N–H and O–H groups in total. The Morgan fingerprint density at radius 3 is 1.91 bits per heavy atom. The van der Waals surface area contributed by atoms with Crippen molar-refractivity contribution in [2.75, 3.05) is 0 Å². The quantitative estimate of drug-likeness (QED) is 0.628. The fraction of sp³-hybridized carbons (Fsp3) is 0.250. The number of rotatable bonds is 0. The van der Waals surface area contributed by atoms with E-state index in [4.69, 9.17) is 0 Å². The Kier molecular flexibility index (Phi) is 4.29. The summed E-state index contributed by atoms with van der Waals surface area (Å²) in [6.07, 6.45) is 0. The number of hydrogen-bond acceptors (Lipinski definition) is 0. The van der Waals surface area contributed by atoms with Crippen molar-refractivity contribution in [3.63, 3.8) is 0 Å². The molecule has 0 saturated carbocycles. The first-order chi connectivity index (χ1) is 4.61. The molecule has 11 heavy (non-hydrogen) atoms. The second kappa shape index (κ2) is 4.24. The fourth-order valence-electron chi connectivity index (χ4n) is 0.941. The van der Waals surface area contributed by atoms with Gasteiger partial charge in [-0.25, -0.2) is 0 Å². The molecule has 0 atom stereocenters. The second-order valence-corrected chi connectivity index (χ2v) is 3.43. The van der Waals surface area contributed by atoms with Gasteiger partial charge in [-0.3, -0.25) is 0 Å². The largest absolute Gasteiger partial charge is 1.00 e. The van der Waals surface area contributed by atoms with Crippen molar-refractivity contribution in [1.82, 2.24) is 0 Å². The van der Waals surface area contributed by atoms with Crippen molar-refractivity contribution >= 4 is 21.6 Å². The van der Waals surface area contributed by atoms with Gasteiger partial charge in [0.25, 0.3) is 0 Å². The predicted octanol–water partition coefficient (Wildman–Crippen LogP) is -1.06. The number of aryl methyl sites for hydroxylation is 2. The summed E-state index contributed by atoms with van der Waals surface area (Å²) in [7, 11) is 0. The molecular weight excluding hydrogens is 270 g/mol. The smallest absolute Gasteiger partial charge is 0.133 e. The maximum Gasteiger partial charge on any atom is 0.133 e. The molecule has 1 aromatic carbocycles. The van der Waals surface area contributed by atoms with Crippen LogP contribution >= 0.6 is 15.9 Å². The standard InChI is InChI=1S/C8H10BrN.BrH/c1-5-3-7(9)4-6(2)8(5)10;/h3-4H,10H2,1-2H3;1H. The second-order valence-electron chi connectivity index (χ2n) is 2.52. The molecule has 0 aliphatic carbocycles. The third-order valence-corrected chi connectivity index (χ3v) is 2.12. The summed E-state index contributed by atoms with van der Waals surface area (Å²) in [5.74, 6) is 0. The van der Waals surface area contributed by atoms with Gasteiger partial charge in [0, 0.05) is 15.6 Å². The van der Waals surface area contributed by atoms with E-state index in [1.165, 1.54) is 11.1 Å². The van der Waals surface area contributed by atoms with Crippen LogP contribution in [0.3, 0.4) is 0 Å². The Hall–Kier alpha value is 0.140. The number of quaternary nitrogens is 1. The lowest BCUT2D eigenvalue weighted by Crippen LogP contribution is -3.00. The van der Waals surface area contributed by atoms with Gasteiger partial charge in [-0.2, -0.15) is 0 Å². The van der Waals surface area contributed by atoms with E-state index in [-0.39, 0.29) is 17.0 Å². The van der Waals surface area contributed by atoms with Crippen molar-refractivity contribution in [3.8, 4) is 0 Å². The molecule has 62 valence electrons. The minimum Gasteiger partial charge on any atom is -1.00 e. The SMILES string of the molecule is Cc1cc(Br)cc(C)c1[NH3+].[Br-]. The molecule has 1 nitrogen and oxygen atoms in total. The summed E-state index contributed by atoms with van der Waals surface area (Å²) in [6, 6.07) is 4.16. The van der Waals surface area contributed by atoms with Crippen LogP contribution in [0.5, 0.6) is 0 Å². The average molecular weight is 281 g/mol. The Labute approximate surface area is 85.9 Å². The monoisotopic (exact) mass is 279 g/mol. The van der Waals surface area contributed by atoms with E-state index in [1.807, 2.05) is 0 Å². The van der Waals surface area contributed by atoms with Crippen molar-refractivity contribution < 1.29 is 22.7 Å². The highest BCUT2D eigenvalue weighted by Crippen LogP contribution is 2.20. The summed E-state index contributed by atoms with van der Waals surface area (Å²) >= 11 is 3.42. The van der Waals surface area contributed by atoms with E-state index in [1.54, 1.807) is 0 Å². The molecule has 0 unspecified atom stereocenters. The molecule has 0 heterocycles. The normalized spacial score (nSPS) is 9.09. The van der Waals surface area contributed by atoms with Gasteiger partial charge in [0.05, 0.1) is 0 Å². The Morgan fingerprint density at radius 2 is 1.55 bits per heavy atom. The number of halogens is 2. The first-order valence-corrected chi connectivity index (χ1v) is 3.99. The molecule has 0 aliphatic rings. The van der Waals surface area contributed by atoms with Crippen LogP contribution in [-0.2, 0) is 0 Å². The highest BCUT2D eigenvalue weighted by Gasteiger charge is 2.01. The lowest BCUT2D eigenvalue weighted by atomic mass is 10.1. The Morgan fingerprint density at radius 1 is 1.18 bits per heavy atom. The van der Waals surface area contributed by atoms with E-state index in [0.717, 1.165) is 10.2 Å². The summed E-state index contributed by atoms with van der Waals surface area (Å²) < 4.78 is 1.13. The third-order valence-electron chi connectivity index (χ3n) is 1.66. The number of benzene rings is 1. The van der Waals surface area contributed by atoms with Crippen LogP contribution in [0.25, 0.3) is 0 Å². The molecule has 1 rings (SSSR count). The Balaban J connectivity index is 0.000001000. The van der Waals surface area contributed by atoms with Gasteiger partial charge in [-0.1, -0.05) is 15.9 Å². The zero-order valence-corrected chi connectivity index (χ0v) is 9.79. The molecule has 0 amide bonds. The van der Waals surface area contributed by atoms with E-state index < -0.39 is 0 Å². The van der Waals surface area contributed by atoms with Gasteiger partial charge in [0.15, 0.2) is 0 Å². The molecule has 0 aromatic heterocycles. The topological polar surface area (TPSA) is 27.6 Å². The first-order valence-electron chi connectivity index (χ1n) is 3.20. The highest BCUT2D eigenvalue weighted by atomic mass is 79.9. The fourth-order valence-corrected chi connectivity index (χ4v) is 1.63. The van der Waals surface area contributed by atoms with Crippen LogP contribution in [0.4, 0.5) is 5.69 Å². The van der Waals surface area contributed by atoms with Crippen LogP contribution in [0.1, 0.15) is 11.1 Å². The van der Waals surface area contributed by atoms with Gasteiger partial charge in [0.1, 0.15) is 5.69 Å². The van der Waals surface area contributed by atoms with Crippen LogP contribution in [-0.4, -0.2) is 0 Å². The molecule has 0 fully saturated rings. The van der Waals surface area contributed by atoms with Crippen molar-refractivity contribution in [2.45, 2.75) is 13.8 Å². The molecule has 0 saturated heterocycles. The van der Waals surface area contributed by atoms with Gasteiger partial charge in [-0.15, -0.1) is 0 Å². The van der Waals surface area contributed by atoms with Gasteiger partial charge >= 0.3 is 0 Å². The first kappa shape index (κ1) is 11.1. The maximum absolute atomic E-state index is 3.94. The highest BCUT2D eigenvalue weighted by molar-refractivity contribution is 9.10. The lowest BCUT2D eigenvalue weighted by Gasteiger charge is -1.99. The van der Waals surface area contributed by atoms with E-state index in [2.05, 4.69) is 47.6 Å². The molecule has 0 spiro atoms. The van der Waals surface area contributed by atoms with Gasteiger partial charge in [-0.05, 0) is 26.0 Å². The van der Waals surface area contributed by atoms with Gasteiger partial charge < -0.3 is 22.7 Å². The lowest BCUT2D eigenvalue weighted by molar-refractivity contribution is -0.256. The zero-order chi connectivity index (χ0) is 7.72. The number of hydrogen-bond donors (Lipinski definition) is 1. The van der Waals surface area contributed by atoms with Crippen molar-refractivity contribution in [1.29, 1.82) is 0 Å². The molecule has 3 heteroatoms. The van der Waals surface area contributed by atoms with Crippen LogP contribution in [0.2, 0.25) is 0 Å². The van der Waals surface area contributed by atoms with Crippen LogP contribution in [0.15, 0.2) is 16.6 Å². The van der Waals surface area contributed by atoms with Crippen molar-refractivity contribution in [3.05, 3.63) is 27.7 Å². The van der Waals surface area contributed by atoms with E-state index >= 15 is 0 Å². The summed E-state index contributed by atoms with van der Waals surface area (Å²) in [5.41, 5.74) is 7.57. The molecule has 1 aromatic rings. The summed E-state index contributed by atoms with van der Waals surface area (Å²) in [4.78, 5) is 0. The molecule has 0 aliphatic heterocycles. The molecular formula is C8H11Br2N. The minimum absolute atomic E-state index is 0. The maximum atomic E-state index is 3.94.